The zero-order valence-corrected chi connectivity index (χ0v) is 17.2. The third-order valence-corrected chi connectivity index (χ3v) is 6.70. The zero-order valence-electron chi connectivity index (χ0n) is 14.8. The van der Waals surface area contributed by atoms with Crippen molar-refractivity contribution in [3.8, 4) is 22.1 Å². The van der Waals surface area contributed by atoms with E-state index in [-0.39, 0.29) is 12.4 Å². The number of fused-ring (bicyclic) bond motifs is 1. The molecule has 0 atom stereocenters. The van der Waals surface area contributed by atoms with Crippen LogP contribution in [0.25, 0.3) is 22.1 Å². The summed E-state index contributed by atoms with van der Waals surface area (Å²) in [4.78, 5) is 18.8. The van der Waals surface area contributed by atoms with Gasteiger partial charge in [0.1, 0.15) is 0 Å². The van der Waals surface area contributed by atoms with Gasteiger partial charge in [0.05, 0.1) is 27.9 Å². The smallest absolute Gasteiger partial charge is 0.312 e. The fourth-order valence-electron chi connectivity index (χ4n) is 3.07. The van der Waals surface area contributed by atoms with Crippen LogP contribution >= 0.6 is 34.7 Å². The van der Waals surface area contributed by atoms with Gasteiger partial charge in [0.2, 0.25) is 5.89 Å². The number of esters is 1. The van der Waals surface area contributed by atoms with Crippen molar-refractivity contribution in [2.45, 2.75) is 31.1 Å². The molecule has 1 aliphatic heterocycles. The third-order valence-electron chi connectivity index (χ3n) is 4.27. The molecule has 0 aliphatic carbocycles. The molecular weight excluding hydrogens is 402 g/mol. The molecule has 4 rings (SSSR count). The number of ether oxygens (including phenoxy) is 1. The van der Waals surface area contributed by atoms with E-state index in [2.05, 4.69) is 17.1 Å². The maximum absolute atomic E-state index is 12.0. The lowest BCUT2D eigenvalue weighted by Crippen LogP contribution is -2.08. The number of thiophene rings is 1. The number of aryl methyl sites for hydroxylation is 1. The summed E-state index contributed by atoms with van der Waals surface area (Å²) in [5.41, 5.74) is 2.83. The van der Waals surface area contributed by atoms with E-state index in [1.165, 1.54) is 34.0 Å². The summed E-state index contributed by atoms with van der Waals surface area (Å²) in [5.74, 6) is 1.95. The number of carbonyl (C=O) groups is 1. The highest BCUT2D eigenvalue weighted by molar-refractivity contribution is 7.99. The van der Waals surface area contributed by atoms with E-state index in [1.807, 2.05) is 30.0 Å². The normalized spacial score (nSPS) is 13.4. The number of hydrogen-bond acceptors (Lipinski definition) is 6. The predicted octanol–water partition coefficient (Wildman–Crippen LogP) is 5.87. The van der Waals surface area contributed by atoms with Crippen LogP contribution in [0.2, 0.25) is 4.34 Å². The van der Waals surface area contributed by atoms with Gasteiger partial charge in [-0.05, 0) is 61.4 Å². The van der Waals surface area contributed by atoms with Crippen LogP contribution in [-0.2, 0) is 22.4 Å². The third kappa shape index (κ3) is 4.08. The number of halogens is 1. The number of carbonyl (C=O) groups excluding carboxylic acids is 1. The van der Waals surface area contributed by atoms with Crippen LogP contribution < -0.4 is 0 Å². The Hall–Kier alpha value is -1.76. The molecule has 0 fully saturated rings. The quantitative estimate of drug-likeness (QED) is 0.484. The minimum atomic E-state index is -0.317. The van der Waals surface area contributed by atoms with E-state index in [4.69, 9.17) is 20.8 Å². The van der Waals surface area contributed by atoms with Crippen LogP contribution in [-0.4, -0.2) is 23.3 Å². The molecule has 3 aromatic rings. The van der Waals surface area contributed by atoms with Crippen LogP contribution in [0.1, 0.15) is 24.6 Å². The van der Waals surface area contributed by atoms with Gasteiger partial charge in [-0.2, -0.15) is 0 Å². The highest BCUT2D eigenvalue weighted by Crippen LogP contribution is 2.38. The number of hydrogen-bond donors (Lipinski definition) is 0. The van der Waals surface area contributed by atoms with Crippen molar-refractivity contribution in [3.63, 3.8) is 0 Å². The maximum Gasteiger partial charge on any atom is 0.312 e. The van der Waals surface area contributed by atoms with E-state index < -0.39 is 0 Å². The Bertz CT molecular complexity index is 980. The van der Waals surface area contributed by atoms with Gasteiger partial charge in [-0.15, -0.1) is 23.1 Å². The van der Waals surface area contributed by atoms with E-state index in [0.717, 1.165) is 16.9 Å². The summed E-state index contributed by atoms with van der Waals surface area (Å²) in [5, 5.41) is 0. The molecule has 7 heteroatoms. The van der Waals surface area contributed by atoms with Crippen molar-refractivity contribution >= 4 is 40.7 Å². The Morgan fingerprint density at radius 1 is 1.33 bits per heavy atom. The van der Waals surface area contributed by atoms with Crippen molar-refractivity contribution in [1.82, 2.24) is 4.98 Å². The minimum Gasteiger partial charge on any atom is -0.466 e. The molecule has 0 saturated carbocycles. The second kappa shape index (κ2) is 8.09. The summed E-state index contributed by atoms with van der Waals surface area (Å²) in [6.07, 6.45) is 2.32. The Kier molecular flexibility index (Phi) is 5.57. The number of oxazole rings is 1. The van der Waals surface area contributed by atoms with Crippen molar-refractivity contribution in [2.24, 2.45) is 0 Å². The van der Waals surface area contributed by atoms with Crippen LogP contribution in [0, 0.1) is 0 Å². The molecule has 140 valence electrons. The summed E-state index contributed by atoms with van der Waals surface area (Å²) in [6.45, 7) is 2.13. The fourth-order valence-corrected chi connectivity index (χ4v) is 5.13. The molecule has 0 spiro atoms. The standard InChI is InChI=1S/C20H18ClNO3S2/c1-2-24-18(23)11-14-19(16-7-8-17(21)27-16)25-20(22-14)13-5-6-15-12(10-13)4-3-9-26-15/h5-8,10H,2-4,9,11H2,1H3. The van der Waals surface area contributed by atoms with E-state index >= 15 is 0 Å². The molecule has 2 aromatic heterocycles. The van der Waals surface area contributed by atoms with Gasteiger partial charge in [-0.3, -0.25) is 4.79 Å². The molecule has 0 bridgehead atoms. The predicted molar refractivity (Wildman–Crippen MR) is 110 cm³/mol. The summed E-state index contributed by atoms with van der Waals surface area (Å²) >= 11 is 9.38. The van der Waals surface area contributed by atoms with Crippen LogP contribution in [0.4, 0.5) is 0 Å². The molecule has 1 aromatic carbocycles. The average molecular weight is 420 g/mol. The SMILES string of the molecule is CCOC(=O)Cc1nc(-c2ccc3c(c2)CCCS3)oc1-c1ccc(Cl)s1. The lowest BCUT2D eigenvalue weighted by molar-refractivity contribution is -0.142. The molecule has 3 heterocycles. The van der Waals surface area contributed by atoms with Crippen LogP contribution in [0.5, 0.6) is 0 Å². The van der Waals surface area contributed by atoms with Gasteiger partial charge in [-0.1, -0.05) is 11.6 Å². The van der Waals surface area contributed by atoms with Gasteiger partial charge in [0.25, 0.3) is 0 Å². The van der Waals surface area contributed by atoms with Crippen molar-refractivity contribution in [2.75, 3.05) is 12.4 Å². The molecule has 0 amide bonds. The van der Waals surface area contributed by atoms with Gasteiger partial charge < -0.3 is 9.15 Å². The second-order valence-electron chi connectivity index (χ2n) is 6.15. The van der Waals surface area contributed by atoms with E-state index in [0.29, 0.717) is 28.3 Å². The average Bonchev–Trinajstić information content (AvgIpc) is 3.27. The number of benzene rings is 1. The largest absolute Gasteiger partial charge is 0.466 e. The Labute approximate surface area is 170 Å². The maximum atomic E-state index is 12.0. The van der Waals surface area contributed by atoms with Gasteiger partial charge >= 0.3 is 5.97 Å². The zero-order chi connectivity index (χ0) is 18.8. The molecule has 0 unspecified atom stereocenters. The summed E-state index contributed by atoms with van der Waals surface area (Å²) in [7, 11) is 0. The number of rotatable bonds is 5. The fraction of sp³-hybridized carbons (Fsp3) is 0.300. The first kappa shape index (κ1) is 18.6. The Morgan fingerprint density at radius 2 is 2.22 bits per heavy atom. The van der Waals surface area contributed by atoms with E-state index in [9.17, 15) is 4.79 Å². The molecule has 27 heavy (non-hydrogen) atoms. The van der Waals surface area contributed by atoms with Crippen molar-refractivity contribution < 1.29 is 13.9 Å². The molecular formula is C20H18ClNO3S2. The first-order chi connectivity index (χ1) is 13.1. The minimum absolute atomic E-state index is 0.0724. The molecule has 1 aliphatic rings. The highest BCUT2D eigenvalue weighted by atomic mass is 35.5. The lowest BCUT2D eigenvalue weighted by Gasteiger charge is -2.15. The highest BCUT2D eigenvalue weighted by Gasteiger charge is 2.21. The Balaban J connectivity index is 1.73. The number of nitrogens with zero attached hydrogens (tertiary/aromatic N) is 1. The number of thioether (sulfide) groups is 1. The van der Waals surface area contributed by atoms with Gasteiger partial charge in [-0.25, -0.2) is 4.98 Å². The van der Waals surface area contributed by atoms with Gasteiger partial charge in [0, 0.05) is 10.5 Å². The molecule has 0 radical (unpaired) electrons. The number of aromatic nitrogens is 1. The van der Waals surface area contributed by atoms with Gasteiger partial charge in [0.15, 0.2) is 5.76 Å². The second-order valence-corrected chi connectivity index (χ2v) is 9.01. The molecule has 0 N–H and O–H groups in total. The Morgan fingerprint density at radius 3 is 3.00 bits per heavy atom. The monoisotopic (exact) mass is 419 g/mol. The van der Waals surface area contributed by atoms with E-state index in [1.54, 1.807) is 6.92 Å². The topological polar surface area (TPSA) is 52.3 Å². The molecule has 0 saturated heterocycles. The van der Waals surface area contributed by atoms with Crippen molar-refractivity contribution in [1.29, 1.82) is 0 Å². The first-order valence-corrected chi connectivity index (χ1v) is 11.0. The summed E-state index contributed by atoms with van der Waals surface area (Å²) < 4.78 is 11.8. The summed E-state index contributed by atoms with van der Waals surface area (Å²) in [6, 6.07) is 10.0. The van der Waals surface area contributed by atoms with Crippen LogP contribution in [0.15, 0.2) is 39.6 Å². The lowest BCUT2D eigenvalue weighted by atomic mass is 10.1. The van der Waals surface area contributed by atoms with Crippen LogP contribution in [0.3, 0.4) is 0 Å². The first-order valence-electron chi connectivity index (χ1n) is 8.81. The van der Waals surface area contributed by atoms with Crippen molar-refractivity contribution in [3.05, 3.63) is 45.9 Å². The molecule has 4 nitrogen and oxygen atoms in total.